The zero-order valence-corrected chi connectivity index (χ0v) is 13.6. The normalized spacial score (nSPS) is 14.5. The summed E-state index contributed by atoms with van der Waals surface area (Å²) in [5.74, 6) is -1.93. The molecule has 3 aromatic rings. The van der Waals surface area contributed by atoms with E-state index in [0.717, 1.165) is 10.5 Å². The molecule has 0 fully saturated rings. The van der Waals surface area contributed by atoms with Crippen molar-refractivity contribution in [1.29, 1.82) is 0 Å². The molecule has 130 valence electrons. The Morgan fingerprint density at radius 1 is 0.885 bits per heavy atom. The Kier molecular flexibility index (Phi) is 3.96. The summed E-state index contributed by atoms with van der Waals surface area (Å²) in [7, 11) is 0. The van der Waals surface area contributed by atoms with Gasteiger partial charge in [0.2, 0.25) is 0 Å². The van der Waals surface area contributed by atoms with Gasteiger partial charge in [-0.3, -0.25) is 19.0 Å². The smallest absolute Gasteiger partial charge is 0.373 e. The maximum absolute atomic E-state index is 12.8. The number of hydrogen-bond acceptors (Lipinski definition) is 6. The van der Waals surface area contributed by atoms with Gasteiger partial charge in [-0.1, -0.05) is 42.5 Å². The van der Waals surface area contributed by atoms with Crippen molar-refractivity contribution in [2.45, 2.75) is 18.9 Å². The van der Waals surface area contributed by atoms with E-state index in [9.17, 15) is 14.4 Å². The molecule has 26 heavy (non-hydrogen) atoms. The van der Waals surface area contributed by atoms with Crippen molar-refractivity contribution >= 4 is 11.8 Å². The molecule has 0 aliphatic carbocycles. The van der Waals surface area contributed by atoms with Crippen molar-refractivity contribution in [3.05, 3.63) is 87.8 Å². The summed E-state index contributed by atoms with van der Waals surface area (Å²) in [5, 5.41) is 3.60. The first-order chi connectivity index (χ1) is 12.6. The van der Waals surface area contributed by atoms with Gasteiger partial charge in [-0.2, -0.15) is 0 Å². The molecule has 0 radical (unpaired) electrons. The van der Waals surface area contributed by atoms with Crippen LogP contribution in [0.25, 0.3) is 0 Å². The van der Waals surface area contributed by atoms with Gasteiger partial charge < -0.3 is 4.42 Å². The third-order valence-corrected chi connectivity index (χ3v) is 4.37. The molecule has 1 aromatic heterocycles. The molecule has 1 aliphatic heterocycles. The Morgan fingerprint density at radius 3 is 2.08 bits per heavy atom. The second-order valence-corrected chi connectivity index (χ2v) is 5.94. The monoisotopic (exact) mass is 350 g/mol. The van der Waals surface area contributed by atoms with Crippen LogP contribution in [-0.2, 0) is 6.42 Å². The van der Waals surface area contributed by atoms with Crippen LogP contribution in [0.15, 0.2) is 68.3 Å². The minimum Gasteiger partial charge on any atom is -0.373 e. The molecule has 1 aliphatic rings. The molecule has 4 rings (SSSR count). The molecule has 7 nitrogen and oxygen atoms in total. The standard InChI is InChI=1S/C19H14N2O5/c22-17-13-8-4-5-9-14(13)18(23)21(17)15(16-20-26-19(24)25-16)11-10-12-6-2-1-3-7-12/h1-9,15H,10-11H2/t15-/m0/s1. The average molecular weight is 350 g/mol. The molecule has 2 amide bonds. The Hall–Kier alpha value is -3.48. The highest BCUT2D eigenvalue weighted by atomic mass is 16.6. The zero-order chi connectivity index (χ0) is 18.1. The summed E-state index contributed by atoms with van der Waals surface area (Å²) in [5.41, 5.74) is 1.68. The van der Waals surface area contributed by atoms with Gasteiger partial charge in [-0.15, -0.1) is 0 Å². The van der Waals surface area contributed by atoms with Crippen LogP contribution in [0, 0.1) is 0 Å². The van der Waals surface area contributed by atoms with Crippen molar-refractivity contribution in [1.82, 2.24) is 10.1 Å². The van der Waals surface area contributed by atoms with E-state index in [2.05, 4.69) is 9.68 Å². The SMILES string of the molecule is O=C1c2ccccc2C(=O)N1[C@@H](CCc1ccccc1)c1noc(=O)o1. The molecule has 2 aromatic carbocycles. The second kappa shape index (κ2) is 6.44. The number of aryl methyl sites for hydroxylation is 1. The number of fused-ring (bicyclic) bond motifs is 1. The Labute approximate surface area is 147 Å². The van der Waals surface area contributed by atoms with Crippen molar-refractivity contribution < 1.29 is 18.5 Å². The lowest BCUT2D eigenvalue weighted by atomic mass is 10.0. The van der Waals surface area contributed by atoms with Crippen LogP contribution in [0.1, 0.15) is 44.6 Å². The Balaban J connectivity index is 1.68. The number of nitrogens with zero attached hydrogens (tertiary/aromatic N) is 2. The minimum absolute atomic E-state index is 0.0829. The third kappa shape index (κ3) is 2.73. The predicted octanol–water partition coefficient (Wildman–Crippen LogP) is 2.60. The molecular weight excluding hydrogens is 336 g/mol. The highest BCUT2D eigenvalue weighted by molar-refractivity contribution is 6.21. The van der Waals surface area contributed by atoms with Gasteiger partial charge in [0, 0.05) is 0 Å². The van der Waals surface area contributed by atoms with Crippen LogP contribution in [0.5, 0.6) is 0 Å². The van der Waals surface area contributed by atoms with E-state index >= 15 is 0 Å². The van der Waals surface area contributed by atoms with Gasteiger partial charge in [0.1, 0.15) is 6.04 Å². The summed E-state index contributed by atoms with van der Waals surface area (Å²) in [6.45, 7) is 0. The quantitative estimate of drug-likeness (QED) is 0.657. The Morgan fingerprint density at radius 2 is 1.50 bits per heavy atom. The highest BCUT2D eigenvalue weighted by Crippen LogP contribution is 2.33. The largest absolute Gasteiger partial charge is 0.542 e. The summed E-state index contributed by atoms with van der Waals surface area (Å²) < 4.78 is 9.45. The van der Waals surface area contributed by atoms with Crippen LogP contribution in [0.2, 0.25) is 0 Å². The summed E-state index contributed by atoms with van der Waals surface area (Å²) in [6.07, 6.45) is 0.917. The number of amides is 2. The van der Waals surface area contributed by atoms with E-state index in [1.54, 1.807) is 24.3 Å². The number of carbonyl (C=O) groups is 2. The van der Waals surface area contributed by atoms with Crippen molar-refractivity contribution in [3.63, 3.8) is 0 Å². The van der Waals surface area contributed by atoms with Gasteiger partial charge >= 0.3 is 5.82 Å². The molecule has 0 N–H and O–H groups in total. The van der Waals surface area contributed by atoms with Crippen LogP contribution >= 0.6 is 0 Å². The highest BCUT2D eigenvalue weighted by Gasteiger charge is 2.42. The first-order valence-corrected chi connectivity index (χ1v) is 8.12. The molecule has 1 atom stereocenters. The fourth-order valence-electron chi connectivity index (χ4n) is 3.14. The van der Waals surface area contributed by atoms with Crippen molar-refractivity contribution in [3.8, 4) is 0 Å². The third-order valence-electron chi connectivity index (χ3n) is 4.37. The van der Waals surface area contributed by atoms with Crippen LogP contribution in [0.4, 0.5) is 0 Å². The fraction of sp³-hybridized carbons (Fsp3) is 0.158. The topological polar surface area (TPSA) is 93.6 Å². The molecule has 0 saturated heterocycles. The molecular formula is C19H14N2O5. The second-order valence-electron chi connectivity index (χ2n) is 5.94. The van der Waals surface area contributed by atoms with Crippen molar-refractivity contribution in [2.75, 3.05) is 0 Å². The average Bonchev–Trinajstić information content (AvgIpc) is 3.20. The minimum atomic E-state index is -0.971. The first kappa shape index (κ1) is 16.0. The van der Waals surface area contributed by atoms with Gasteiger partial charge in [-0.25, -0.2) is 4.79 Å². The summed E-state index contributed by atoms with van der Waals surface area (Å²) in [4.78, 5) is 37.9. The van der Waals surface area contributed by atoms with Gasteiger partial charge in [0.25, 0.3) is 17.7 Å². The molecule has 0 saturated carbocycles. The molecule has 0 bridgehead atoms. The number of rotatable bonds is 5. The molecule has 2 heterocycles. The van der Waals surface area contributed by atoms with Gasteiger partial charge in [0.05, 0.1) is 11.1 Å². The predicted molar refractivity (Wildman–Crippen MR) is 89.5 cm³/mol. The number of aromatic nitrogens is 1. The number of carbonyl (C=O) groups excluding carboxylic acids is 2. The lowest BCUT2D eigenvalue weighted by molar-refractivity contribution is 0.0546. The fourth-order valence-corrected chi connectivity index (χ4v) is 3.14. The van der Waals surface area contributed by atoms with Gasteiger partial charge in [0.15, 0.2) is 0 Å². The van der Waals surface area contributed by atoms with Crippen LogP contribution in [-0.4, -0.2) is 21.9 Å². The summed E-state index contributed by atoms with van der Waals surface area (Å²) in [6, 6.07) is 15.4. The van der Waals surface area contributed by atoms with E-state index in [1.165, 1.54) is 0 Å². The number of imide groups is 1. The molecule has 0 spiro atoms. The van der Waals surface area contributed by atoms with E-state index < -0.39 is 23.7 Å². The summed E-state index contributed by atoms with van der Waals surface area (Å²) >= 11 is 0. The Bertz CT molecular complexity index is 986. The van der Waals surface area contributed by atoms with E-state index in [4.69, 9.17) is 4.42 Å². The molecule has 0 unspecified atom stereocenters. The van der Waals surface area contributed by atoms with Crippen LogP contribution in [0.3, 0.4) is 0 Å². The van der Waals surface area contributed by atoms with Crippen LogP contribution < -0.4 is 5.82 Å². The van der Waals surface area contributed by atoms with Crippen molar-refractivity contribution in [2.24, 2.45) is 0 Å². The van der Waals surface area contributed by atoms with E-state index in [1.807, 2.05) is 30.3 Å². The molecule has 7 heteroatoms. The van der Waals surface area contributed by atoms with Gasteiger partial charge in [-0.05, 0) is 35.7 Å². The lowest BCUT2D eigenvalue weighted by Gasteiger charge is -2.22. The van der Waals surface area contributed by atoms with E-state index in [-0.39, 0.29) is 5.89 Å². The maximum Gasteiger partial charge on any atom is 0.542 e. The number of hydrogen-bond donors (Lipinski definition) is 0. The lowest BCUT2D eigenvalue weighted by Crippen LogP contribution is -2.34. The maximum atomic E-state index is 12.8. The first-order valence-electron chi connectivity index (χ1n) is 8.12. The zero-order valence-electron chi connectivity index (χ0n) is 13.6. The number of benzene rings is 2. The van der Waals surface area contributed by atoms with E-state index in [0.29, 0.717) is 24.0 Å².